The van der Waals surface area contributed by atoms with E-state index >= 15 is 0 Å². The fourth-order valence-electron chi connectivity index (χ4n) is 3.42. The Kier molecular flexibility index (Phi) is 6.10. The van der Waals surface area contributed by atoms with E-state index in [2.05, 4.69) is 4.98 Å². The number of thiazole rings is 1. The van der Waals surface area contributed by atoms with Crippen LogP contribution in [-0.2, 0) is 0 Å². The number of benzene rings is 2. The molecule has 31 heavy (non-hydrogen) atoms. The number of aryl methyl sites for hydroxylation is 1. The molecular formula is C21H20N4O4S2. The molecule has 0 atom stereocenters. The average molecular weight is 457 g/mol. The van der Waals surface area contributed by atoms with Crippen LogP contribution in [-0.4, -0.2) is 52.0 Å². The molecule has 1 aromatic heterocycles. The minimum Gasteiger partial charge on any atom is -0.506 e. The first-order valence-electron chi connectivity index (χ1n) is 9.63. The molecule has 0 spiro atoms. The summed E-state index contributed by atoms with van der Waals surface area (Å²) in [6.07, 6.45) is 0. The number of piperazine rings is 1. The lowest BCUT2D eigenvalue weighted by atomic mass is 10.1. The van der Waals surface area contributed by atoms with Gasteiger partial charge in [0, 0.05) is 48.9 Å². The Bertz CT molecular complexity index is 1130. The fourth-order valence-corrected chi connectivity index (χ4v) is 5.30. The number of aromatic hydroxyl groups is 1. The van der Waals surface area contributed by atoms with E-state index < -0.39 is 4.92 Å². The number of carbonyl (C=O) groups excluding carboxylic acids is 1. The van der Waals surface area contributed by atoms with E-state index in [0.29, 0.717) is 36.6 Å². The minimum absolute atomic E-state index is 0.100. The summed E-state index contributed by atoms with van der Waals surface area (Å²) in [4.78, 5) is 32.6. The van der Waals surface area contributed by atoms with Crippen molar-refractivity contribution in [1.29, 1.82) is 0 Å². The molecule has 160 valence electrons. The summed E-state index contributed by atoms with van der Waals surface area (Å²) >= 11 is 2.66. The van der Waals surface area contributed by atoms with E-state index in [-0.39, 0.29) is 17.3 Å². The van der Waals surface area contributed by atoms with Crippen LogP contribution in [0.15, 0.2) is 57.1 Å². The Labute approximate surface area is 187 Å². The largest absolute Gasteiger partial charge is 0.506 e. The summed E-state index contributed by atoms with van der Waals surface area (Å²) in [7, 11) is 0. The summed E-state index contributed by atoms with van der Waals surface area (Å²) < 4.78 is 0.722. The molecule has 1 aliphatic rings. The van der Waals surface area contributed by atoms with Crippen LogP contribution >= 0.6 is 23.1 Å². The maximum Gasteiger partial charge on any atom is 0.284 e. The van der Waals surface area contributed by atoms with Gasteiger partial charge in [-0.1, -0.05) is 23.9 Å². The average Bonchev–Trinajstić information content (AvgIpc) is 3.18. The zero-order valence-corrected chi connectivity index (χ0v) is 18.4. The summed E-state index contributed by atoms with van der Waals surface area (Å²) in [5.41, 5.74) is 1.80. The monoisotopic (exact) mass is 456 g/mol. The van der Waals surface area contributed by atoms with Gasteiger partial charge in [0.05, 0.1) is 15.5 Å². The van der Waals surface area contributed by atoms with Crippen LogP contribution < -0.4 is 4.90 Å². The molecule has 1 aliphatic heterocycles. The van der Waals surface area contributed by atoms with Gasteiger partial charge in [-0.15, -0.1) is 11.3 Å². The highest BCUT2D eigenvalue weighted by Crippen LogP contribution is 2.37. The fraction of sp³-hybridized carbons (Fsp3) is 0.238. The third-order valence-corrected chi connectivity index (χ3v) is 7.11. The first kappa shape index (κ1) is 21.1. The van der Waals surface area contributed by atoms with Gasteiger partial charge >= 0.3 is 0 Å². The van der Waals surface area contributed by atoms with Gasteiger partial charge in [0.1, 0.15) is 5.75 Å². The number of rotatable bonds is 5. The molecule has 3 aromatic rings. The van der Waals surface area contributed by atoms with Crippen molar-refractivity contribution in [3.63, 3.8) is 0 Å². The van der Waals surface area contributed by atoms with Gasteiger partial charge in [-0.2, -0.15) is 0 Å². The molecule has 1 amide bonds. The molecule has 1 fully saturated rings. The van der Waals surface area contributed by atoms with Crippen molar-refractivity contribution in [2.75, 3.05) is 31.1 Å². The lowest BCUT2D eigenvalue weighted by Crippen LogP contribution is -2.48. The second-order valence-corrected chi connectivity index (χ2v) is 9.21. The van der Waals surface area contributed by atoms with Crippen LogP contribution in [0, 0.1) is 17.0 Å². The lowest BCUT2D eigenvalue weighted by molar-refractivity contribution is -0.387. The standard InChI is InChI=1S/C21H20N4O4S2/c1-14-13-30-21(22-14)31-19-7-6-15(12-17(19)25(28)29)20(27)24-10-8-23(9-11-24)16-4-2-3-5-18(16)26/h2-7,12-13,26H,8-11H2,1H3. The molecule has 2 heterocycles. The van der Waals surface area contributed by atoms with Gasteiger partial charge < -0.3 is 14.9 Å². The molecule has 0 saturated carbocycles. The van der Waals surface area contributed by atoms with Gasteiger partial charge in [0.2, 0.25) is 0 Å². The number of nitro benzene ring substituents is 1. The molecule has 2 aromatic carbocycles. The number of phenolic OH excluding ortho intramolecular Hbond substituents is 1. The second kappa shape index (κ2) is 8.94. The zero-order chi connectivity index (χ0) is 22.0. The smallest absolute Gasteiger partial charge is 0.284 e. The van der Waals surface area contributed by atoms with Crippen LogP contribution in [0.25, 0.3) is 0 Å². The van der Waals surface area contributed by atoms with Gasteiger partial charge in [0.25, 0.3) is 11.6 Å². The van der Waals surface area contributed by atoms with E-state index in [9.17, 15) is 20.0 Å². The van der Waals surface area contributed by atoms with Gasteiger partial charge in [-0.05, 0) is 31.2 Å². The van der Waals surface area contributed by atoms with E-state index in [4.69, 9.17) is 0 Å². The molecule has 4 rings (SSSR count). The highest BCUT2D eigenvalue weighted by atomic mass is 32.2. The molecule has 1 saturated heterocycles. The number of amides is 1. The van der Waals surface area contributed by atoms with Crippen molar-refractivity contribution in [2.24, 2.45) is 0 Å². The molecule has 10 heteroatoms. The number of anilines is 1. The van der Waals surface area contributed by atoms with Gasteiger partial charge in [0.15, 0.2) is 4.34 Å². The molecule has 0 aliphatic carbocycles. The van der Waals surface area contributed by atoms with Gasteiger partial charge in [-0.3, -0.25) is 14.9 Å². The number of phenols is 1. The van der Waals surface area contributed by atoms with Crippen molar-refractivity contribution < 1.29 is 14.8 Å². The Balaban J connectivity index is 1.48. The predicted molar refractivity (Wildman–Crippen MR) is 120 cm³/mol. The van der Waals surface area contributed by atoms with Crippen molar-refractivity contribution in [2.45, 2.75) is 16.2 Å². The Morgan fingerprint density at radius 2 is 1.94 bits per heavy atom. The molecule has 0 unspecified atom stereocenters. The molecular weight excluding hydrogens is 436 g/mol. The number of hydrogen-bond donors (Lipinski definition) is 1. The van der Waals surface area contributed by atoms with Crippen LogP contribution in [0.1, 0.15) is 16.1 Å². The first-order valence-corrected chi connectivity index (χ1v) is 11.3. The van der Waals surface area contributed by atoms with Crippen LogP contribution in [0.5, 0.6) is 5.75 Å². The van der Waals surface area contributed by atoms with E-state index in [1.54, 1.807) is 29.2 Å². The third-order valence-electron chi connectivity index (χ3n) is 4.99. The van der Waals surface area contributed by atoms with Crippen molar-refractivity contribution in [3.05, 3.63) is 69.2 Å². The van der Waals surface area contributed by atoms with Crippen molar-refractivity contribution >= 4 is 40.4 Å². The topological polar surface area (TPSA) is 99.8 Å². The Hall–Kier alpha value is -3.11. The van der Waals surface area contributed by atoms with Crippen molar-refractivity contribution in [3.8, 4) is 5.75 Å². The molecule has 8 nitrogen and oxygen atoms in total. The maximum atomic E-state index is 13.0. The molecule has 0 radical (unpaired) electrons. The lowest BCUT2D eigenvalue weighted by Gasteiger charge is -2.36. The highest BCUT2D eigenvalue weighted by molar-refractivity contribution is 8.01. The summed E-state index contributed by atoms with van der Waals surface area (Å²) in [5.74, 6) is -0.0249. The third kappa shape index (κ3) is 4.64. The predicted octanol–water partition coefficient (Wildman–Crippen LogP) is 4.18. The van der Waals surface area contributed by atoms with Crippen LogP contribution in [0.4, 0.5) is 11.4 Å². The molecule has 0 bridgehead atoms. The van der Waals surface area contributed by atoms with Gasteiger partial charge in [-0.25, -0.2) is 4.98 Å². The number of para-hydroxylation sites is 2. The summed E-state index contributed by atoms with van der Waals surface area (Å²) in [6, 6.07) is 11.7. The van der Waals surface area contributed by atoms with E-state index in [1.807, 2.05) is 29.3 Å². The van der Waals surface area contributed by atoms with E-state index in [1.165, 1.54) is 29.2 Å². The summed E-state index contributed by atoms with van der Waals surface area (Å²) in [5, 5.41) is 23.5. The second-order valence-electron chi connectivity index (χ2n) is 7.06. The number of carbonyl (C=O) groups is 1. The number of aromatic nitrogens is 1. The van der Waals surface area contributed by atoms with E-state index in [0.717, 1.165) is 15.7 Å². The summed E-state index contributed by atoms with van der Waals surface area (Å²) in [6.45, 7) is 3.95. The molecule has 1 N–H and O–H groups in total. The zero-order valence-electron chi connectivity index (χ0n) is 16.7. The first-order chi connectivity index (χ1) is 14.9. The normalized spacial score (nSPS) is 14.0. The number of nitrogens with zero attached hydrogens (tertiary/aromatic N) is 4. The SMILES string of the molecule is Cc1csc(Sc2ccc(C(=O)N3CCN(c4ccccc4O)CC3)cc2[N+](=O)[O-])n1. The Morgan fingerprint density at radius 1 is 1.19 bits per heavy atom. The van der Waals surface area contributed by atoms with Crippen molar-refractivity contribution in [1.82, 2.24) is 9.88 Å². The van der Waals surface area contributed by atoms with Crippen LogP contribution in [0.3, 0.4) is 0 Å². The Morgan fingerprint density at radius 3 is 2.58 bits per heavy atom. The van der Waals surface area contributed by atoms with Crippen LogP contribution in [0.2, 0.25) is 0 Å². The quantitative estimate of drug-likeness (QED) is 0.454. The minimum atomic E-state index is -0.463. The number of hydrogen-bond acceptors (Lipinski definition) is 8. The highest BCUT2D eigenvalue weighted by Gasteiger charge is 2.26. The number of nitro groups is 1. The maximum absolute atomic E-state index is 13.0.